The lowest BCUT2D eigenvalue weighted by atomic mass is 10.1. The Morgan fingerprint density at radius 2 is 1.67 bits per heavy atom. The molecule has 1 aromatic carbocycles. The normalized spacial score (nSPS) is 12.4. The van der Waals surface area contributed by atoms with Gasteiger partial charge in [-0.3, -0.25) is 0 Å². The van der Waals surface area contributed by atoms with E-state index in [2.05, 4.69) is 17.0 Å². The molecular formula is C14H24N2O2. The minimum atomic E-state index is 0.0220. The molecular weight excluding hydrogens is 228 g/mol. The van der Waals surface area contributed by atoms with E-state index in [1.165, 1.54) is 5.69 Å². The number of nitrogens with zero attached hydrogens (tertiary/aromatic N) is 1. The Morgan fingerprint density at radius 1 is 1.11 bits per heavy atom. The van der Waals surface area contributed by atoms with Crippen molar-refractivity contribution in [2.45, 2.75) is 13.0 Å². The summed E-state index contributed by atoms with van der Waals surface area (Å²) in [6.45, 7) is 5.06. The molecule has 4 heteroatoms. The average molecular weight is 252 g/mol. The summed E-state index contributed by atoms with van der Waals surface area (Å²) in [5.74, 6) is 0. The van der Waals surface area contributed by atoms with Gasteiger partial charge in [-0.25, -0.2) is 0 Å². The summed E-state index contributed by atoms with van der Waals surface area (Å²) in [7, 11) is 3.43. The molecule has 18 heavy (non-hydrogen) atoms. The van der Waals surface area contributed by atoms with Crippen LogP contribution in [-0.4, -0.2) is 40.5 Å². The maximum Gasteiger partial charge on any atom is 0.0637 e. The summed E-state index contributed by atoms with van der Waals surface area (Å²) in [5, 5.41) is 0. The van der Waals surface area contributed by atoms with Crippen LogP contribution in [0.2, 0.25) is 0 Å². The third-order valence-electron chi connectivity index (χ3n) is 2.90. The Balaban J connectivity index is 2.88. The van der Waals surface area contributed by atoms with E-state index in [1.54, 1.807) is 14.2 Å². The molecule has 1 atom stereocenters. The van der Waals surface area contributed by atoms with Crippen molar-refractivity contribution in [3.63, 3.8) is 0 Å². The fourth-order valence-corrected chi connectivity index (χ4v) is 1.92. The SMILES string of the molecule is COCCN(CCOC)c1ccccc1[C@@H](C)N. The highest BCUT2D eigenvalue weighted by Crippen LogP contribution is 2.24. The number of para-hydroxylation sites is 1. The lowest BCUT2D eigenvalue weighted by Gasteiger charge is -2.27. The van der Waals surface area contributed by atoms with Crippen molar-refractivity contribution in [1.82, 2.24) is 0 Å². The number of rotatable bonds is 8. The molecule has 0 saturated heterocycles. The van der Waals surface area contributed by atoms with Gasteiger partial charge in [0.1, 0.15) is 0 Å². The monoisotopic (exact) mass is 252 g/mol. The Labute approximate surface area is 110 Å². The van der Waals surface area contributed by atoms with Crippen LogP contribution < -0.4 is 10.6 Å². The van der Waals surface area contributed by atoms with Gasteiger partial charge in [0, 0.05) is 39.0 Å². The van der Waals surface area contributed by atoms with Gasteiger partial charge in [-0.15, -0.1) is 0 Å². The van der Waals surface area contributed by atoms with Gasteiger partial charge in [0.05, 0.1) is 13.2 Å². The summed E-state index contributed by atoms with van der Waals surface area (Å²) in [6, 6.07) is 8.26. The van der Waals surface area contributed by atoms with Crippen molar-refractivity contribution in [1.29, 1.82) is 0 Å². The summed E-state index contributed by atoms with van der Waals surface area (Å²) >= 11 is 0. The molecule has 0 aliphatic carbocycles. The highest BCUT2D eigenvalue weighted by Gasteiger charge is 2.12. The number of anilines is 1. The molecule has 0 saturated carbocycles. The maximum absolute atomic E-state index is 6.02. The summed E-state index contributed by atoms with van der Waals surface area (Å²) < 4.78 is 10.3. The van der Waals surface area contributed by atoms with Gasteiger partial charge in [-0.05, 0) is 18.6 Å². The topological polar surface area (TPSA) is 47.7 Å². The molecule has 1 rings (SSSR count). The number of benzene rings is 1. The third-order valence-corrected chi connectivity index (χ3v) is 2.90. The van der Waals surface area contributed by atoms with Crippen molar-refractivity contribution in [2.24, 2.45) is 5.73 Å². The first-order valence-corrected chi connectivity index (χ1v) is 6.28. The fraction of sp³-hybridized carbons (Fsp3) is 0.571. The molecule has 0 spiro atoms. The molecule has 0 aliphatic rings. The summed E-state index contributed by atoms with van der Waals surface area (Å²) in [4.78, 5) is 2.26. The van der Waals surface area contributed by atoms with Crippen LogP contribution >= 0.6 is 0 Å². The van der Waals surface area contributed by atoms with Gasteiger partial charge in [-0.1, -0.05) is 18.2 Å². The Bertz CT molecular complexity index is 334. The largest absolute Gasteiger partial charge is 0.383 e. The van der Waals surface area contributed by atoms with Gasteiger partial charge in [0.2, 0.25) is 0 Å². The molecule has 0 unspecified atom stereocenters. The van der Waals surface area contributed by atoms with E-state index in [0.717, 1.165) is 18.7 Å². The van der Waals surface area contributed by atoms with Crippen molar-refractivity contribution < 1.29 is 9.47 Å². The molecule has 0 bridgehead atoms. The van der Waals surface area contributed by atoms with Crippen molar-refractivity contribution in [2.75, 3.05) is 45.4 Å². The number of hydrogen-bond donors (Lipinski definition) is 1. The van der Waals surface area contributed by atoms with E-state index in [4.69, 9.17) is 15.2 Å². The van der Waals surface area contributed by atoms with Gasteiger partial charge in [-0.2, -0.15) is 0 Å². The van der Waals surface area contributed by atoms with Crippen LogP contribution in [0.3, 0.4) is 0 Å². The fourth-order valence-electron chi connectivity index (χ4n) is 1.92. The average Bonchev–Trinajstić information content (AvgIpc) is 2.39. The van der Waals surface area contributed by atoms with Gasteiger partial charge in [0.15, 0.2) is 0 Å². The van der Waals surface area contributed by atoms with Crippen molar-refractivity contribution in [3.05, 3.63) is 29.8 Å². The molecule has 102 valence electrons. The van der Waals surface area contributed by atoms with Crippen LogP contribution in [0.1, 0.15) is 18.5 Å². The zero-order valence-electron chi connectivity index (χ0n) is 11.6. The molecule has 0 radical (unpaired) electrons. The number of methoxy groups -OCH3 is 2. The molecule has 0 amide bonds. The highest BCUT2D eigenvalue weighted by molar-refractivity contribution is 5.54. The minimum Gasteiger partial charge on any atom is -0.383 e. The van der Waals surface area contributed by atoms with Crippen LogP contribution in [0, 0.1) is 0 Å². The minimum absolute atomic E-state index is 0.0220. The zero-order chi connectivity index (χ0) is 13.4. The quantitative estimate of drug-likeness (QED) is 0.766. The first-order chi connectivity index (χ1) is 8.70. The summed E-state index contributed by atoms with van der Waals surface area (Å²) in [5.41, 5.74) is 8.35. The number of ether oxygens (including phenoxy) is 2. The Morgan fingerprint density at radius 3 is 2.17 bits per heavy atom. The van der Waals surface area contributed by atoms with Crippen LogP contribution in [-0.2, 0) is 9.47 Å². The molecule has 0 fully saturated rings. The van der Waals surface area contributed by atoms with E-state index in [9.17, 15) is 0 Å². The van der Waals surface area contributed by atoms with Crippen molar-refractivity contribution >= 4 is 5.69 Å². The van der Waals surface area contributed by atoms with Crippen LogP contribution in [0.15, 0.2) is 24.3 Å². The summed E-state index contributed by atoms with van der Waals surface area (Å²) in [6.07, 6.45) is 0. The lowest BCUT2D eigenvalue weighted by molar-refractivity contribution is 0.190. The third kappa shape index (κ3) is 4.29. The smallest absolute Gasteiger partial charge is 0.0637 e. The van der Waals surface area contributed by atoms with E-state index in [0.29, 0.717) is 13.2 Å². The first-order valence-electron chi connectivity index (χ1n) is 6.28. The van der Waals surface area contributed by atoms with Gasteiger partial charge in [0.25, 0.3) is 0 Å². The first kappa shape index (κ1) is 15.0. The Hall–Kier alpha value is -1.10. The van der Waals surface area contributed by atoms with E-state index < -0.39 is 0 Å². The predicted molar refractivity (Wildman–Crippen MR) is 75.0 cm³/mol. The molecule has 0 heterocycles. The highest BCUT2D eigenvalue weighted by atomic mass is 16.5. The molecule has 0 aliphatic heterocycles. The van der Waals surface area contributed by atoms with Crippen LogP contribution in [0.4, 0.5) is 5.69 Å². The predicted octanol–water partition coefficient (Wildman–Crippen LogP) is 1.81. The van der Waals surface area contributed by atoms with Crippen LogP contribution in [0.5, 0.6) is 0 Å². The second-order valence-electron chi connectivity index (χ2n) is 4.32. The molecule has 1 aromatic rings. The Kier molecular flexibility index (Phi) is 6.72. The van der Waals surface area contributed by atoms with Gasteiger partial charge < -0.3 is 20.1 Å². The van der Waals surface area contributed by atoms with E-state index in [-0.39, 0.29) is 6.04 Å². The lowest BCUT2D eigenvalue weighted by Crippen LogP contribution is -2.32. The van der Waals surface area contributed by atoms with E-state index in [1.807, 2.05) is 19.1 Å². The van der Waals surface area contributed by atoms with Crippen LogP contribution in [0.25, 0.3) is 0 Å². The second kappa shape index (κ2) is 8.08. The van der Waals surface area contributed by atoms with Crippen molar-refractivity contribution in [3.8, 4) is 0 Å². The number of nitrogens with two attached hydrogens (primary N) is 1. The maximum atomic E-state index is 6.02. The zero-order valence-corrected chi connectivity index (χ0v) is 11.6. The second-order valence-corrected chi connectivity index (χ2v) is 4.32. The number of hydrogen-bond acceptors (Lipinski definition) is 4. The molecule has 2 N–H and O–H groups in total. The van der Waals surface area contributed by atoms with E-state index >= 15 is 0 Å². The molecule has 4 nitrogen and oxygen atoms in total. The van der Waals surface area contributed by atoms with Gasteiger partial charge >= 0.3 is 0 Å². The standard InChI is InChI=1S/C14H24N2O2/c1-12(15)13-6-4-5-7-14(13)16(8-10-17-2)9-11-18-3/h4-7,12H,8-11,15H2,1-3H3/t12-/m1/s1. The molecule has 0 aromatic heterocycles.